The van der Waals surface area contributed by atoms with E-state index in [-0.39, 0.29) is 18.5 Å². The summed E-state index contributed by atoms with van der Waals surface area (Å²) in [7, 11) is 0. The first-order valence-corrected chi connectivity index (χ1v) is 5.89. The van der Waals surface area contributed by atoms with Crippen LogP contribution >= 0.6 is 0 Å². The van der Waals surface area contributed by atoms with Crippen LogP contribution in [0.4, 0.5) is 4.79 Å². The number of hydrogen-bond donors (Lipinski definition) is 2. The van der Waals surface area contributed by atoms with Crippen LogP contribution in [0.1, 0.15) is 33.1 Å². The van der Waals surface area contributed by atoms with Crippen LogP contribution in [-0.2, 0) is 4.79 Å². The molecule has 1 atom stereocenters. The van der Waals surface area contributed by atoms with Crippen LogP contribution in [0.2, 0.25) is 0 Å². The molecular weight excluding hydrogens is 220 g/mol. The maximum atomic E-state index is 11.8. The van der Waals surface area contributed by atoms with E-state index in [1.54, 1.807) is 17.9 Å². The molecule has 0 saturated carbocycles. The van der Waals surface area contributed by atoms with Crippen molar-refractivity contribution in [2.45, 2.75) is 39.2 Å². The molecule has 98 valence electrons. The lowest BCUT2D eigenvalue weighted by Gasteiger charge is -2.23. The highest BCUT2D eigenvalue weighted by atomic mass is 16.4. The molecule has 0 aromatic carbocycles. The monoisotopic (exact) mass is 242 g/mol. The van der Waals surface area contributed by atoms with Gasteiger partial charge in [0, 0.05) is 25.6 Å². The average molecular weight is 242 g/mol. The quantitative estimate of drug-likeness (QED) is 0.638. The van der Waals surface area contributed by atoms with Crippen molar-refractivity contribution in [3.8, 4) is 0 Å². The van der Waals surface area contributed by atoms with Gasteiger partial charge >= 0.3 is 12.0 Å². The second-order valence-electron chi connectivity index (χ2n) is 4.02. The minimum absolute atomic E-state index is 0.0662. The predicted molar refractivity (Wildman–Crippen MR) is 66.9 cm³/mol. The van der Waals surface area contributed by atoms with Gasteiger partial charge in [0.1, 0.15) is 0 Å². The van der Waals surface area contributed by atoms with Crippen LogP contribution in [0, 0.1) is 0 Å². The van der Waals surface area contributed by atoms with Gasteiger partial charge in [-0.1, -0.05) is 13.0 Å². The fourth-order valence-corrected chi connectivity index (χ4v) is 1.42. The molecule has 0 aromatic heterocycles. The molecule has 0 radical (unpaired) electrons. The van der Waals surface area contributed by atoms with E-state index < -0.39 is 5.97 Å². The fourth-order valence-electron chi connectivity index (χ4n) is 1.42. The van der Waals surface area contributed by atoms with Crippen molar-refractivity contribution in [3.63, 3.8) is 0 Å². The Labute approximate surface area is 102 Å². The summed E-state index contributed by atoms with van der Waals surface area (Å²) in [6, 6.07) is -0.299. The Kier molecular flexibility index (Phi) is 7.84. The largest absolute Gasteiger partial charge is 0.481 e. The maximum absolute atomic E-state index is 11.8. The second-order valence-corrected chi connectivity index (χ2v) is 4.02. The Morgan fingerprint density at radius 1 is 1.53 bits per heavy atom. The third-order valence-electron chi connectivity index (χ3n) is 2.29. The number of rotatable bonds is 8. The van der Waals surface area contributed by atoms with Crippen LogP contribution in [-0.4, -0.2) is 41.1 Å². The van der Waals surface area contributed by atoms with Crippen molar-refractivity contribution in [3.05, 3.63) is 12.7 Å². The Morgan fingerprint density at radius 2 is 2.18 bits per heavy atom. The first kappa shape index (κ1) is 15.5. The van der Waals surface area contributed by atoms with Crippen molar-refractivity contribution >= 4 is 12.0 Å². The van der Waals surface area contributed by atoms with Gasteiger partial charge in [-0.3, -0.25) is 4.79 Å². The molecular formula is C12H22N2O3. The van der Waals surface area contributed by atoms with Gasteiger partial charge < -0.3 is 15.3 Å². The molecule has 2 N–H and O–H groups in total. The topological polar surface area (TPSA) is 69.6 Å². The van der Waals surface area contributed by atoms with Gasteiger partial charge in [-0.15, -0.1) is 6.58 Å². The van der Waals surface area contributed by atoms with Gasteiger partial charge in [-0.2, -0.15) is 0 Å². The molecule has 5 heteroatoms. The predicted octanol–water partition coefficient (Wildman–Crippen LogP) is 1.85. The molecule has 0 aliphatic carbocycles. The number of nitrogens with one attached hydrogen (secondary N) is 1. The third kappa shape index (κ3) is 7.38. The maximum Gasteiger partial charge on any atom is 0.317 e. The summed E-state index contributed by atoms with van der Waals surface area (Å²) in [4.78, 5) is 23.8. The fraction of sp³-hybridized carbons (Fsp3) is 0.667. The van der Waals surface area contributed by atoms with E-state index in [9.17, 15) is 9.59 Å². The van der Waals surface area contributed by atoms with E-state index in [0.717, 1.165) is 6.42 Å². The van der Waals surface area contributed by atoms with Crippen molar-refractivity contribution in [1.82, 2.24) is 10.2 Å². The van der Waals surface area contributed by atoms with Crippen LogP contribution < -0.4 is 5.32 Å². The lowest BCUT2D eigenvalue weighted by atomic mass is 10.2. The standard InChI is InChI=1S/C12H22N2O3/c1-4-8-14(9-5-2)12(17)13-10(3)6-7-11(15)16/h4,10H,1,5-9H2,2-3H3,(H,13,17)(H,15,16). The molecule has 0 spiro atoms. The highest BCUT2D eigenvalue weighted by molar-refractivity contribution is 5.74. The van der Waals surface area contributed by atoms with E-state index in [4.69, 9.17) is 5.11 Å². The van der Waals surface area contributed by atoms with Crippen molar-refractivity contribution in [2.75, 3.05) is 13.1 Å². The molecule has 0 saturated heterocycles. The number of urea groups is 1. The lowest BCUT2D eigenvalue weighted by Crippen LogP contribution is -2.44. The summed E-state index contributed by atoms with van der Waals surface area (Å²) >= 11 is 0. The molecule has 0 aromatic rings. The number of hydrogen-bond acceptors (Lipinski definition) is 2. The van der Waals surface area contributed by atoms with E-state index in [0.29, 0.717) is 19.5 Å². The van der Waals surface area contributed by atoms with Gasteiger partial charge in [-0.05, 0) is 19.8 Å². The molecule has 5 nitrogen and oxygen atoms in total. The third-order valence-corrected chi connectivity index (χ3v) is 2.29. The smallest absolute Gasteiger partial charge is 0.317 e. The van der Waals surface area contributed by atoms with Gasteiger partial charge in [0.15, 0.2) is 0 Å². The van der Waals surface area contributed by atoms with Crippen molar-refractivity contribution in [1.29, 1.82) is 0 Å². The normalized spacial score (nSPS) is 11.6. The molecule has 0 rings (SSSR count). The summed E-state index contributed by atoms with van der Waals surface area (Å²) in [5, 5.41) is 11.3. The minimum Gasteiger partial charge on any atom is -0.481 e. The minimum atomic E-state index is -0.845. The molecule has 0 aliphatic rings. The van der Waals surface area contributed by atoms with E-state index in [2.05, 4.69) is 11.9 Å². The number of carbonyl (C=O) groups is 2. The van der Waals surface area contributed by atoms with Gasteiger partial charge in [0.25, 0.3) is 0 Å². The van der Waals surface area contributed by atoms with Crippen LogP contribution in [0.3, 0.4) is 0 Å². The van der Waals surface area contributed by atoms with Crippen molar-refractivity contribution < 1.29 is 14.7 Å². The zero-order chi connectivity index (χ0) is 13.3. The van der Waals surface area contributed by atoms with E-state index in [1.807, 2.05) is 6.92 Å². The SMILES string of the molecule is C=CCN(CCC)C(=O)NC(C)CCC(=O)O. The number of carboxylic acids is 1. The zero-order valence-corrected chi connectivity index (χ0v) is 10.6. The first-order valence-electron chi connectivity index (χ1n) is 5.89. The number of aliphatic carboxylic acids is 1. The van der Waals surface area contributed by atoms with Gasteiger partial charge in [0.2, 0.25) is 0 Å². The highest BCUT2D eigenvalue weighted by Gasteiger charge is 2.14. The summed E-state index contributed by atoms with van der Waals surface area (Å²) in [6.07, 6.45) is 3.06. The summed E-state index contributed by atoms with van der Waals surface area (Å²) in [5.74, 6) is -0.845. The van der Waals surface area contributed by atoms with E-state index >= 15 is 0 Å². The molecule has 0 bridgehead atoms. The molecule has 0 aliphatic heterocycles. The Bertz CT molecular complexity index is 266. The summed E-state index contributed by atoms with van der Waals surface area (Å²) in [5.41, 5.74) is 0. The first-order chi connectivity index (χ1) is 8.01. The molecule has 2 amide bonds. The Balaban J connectivity index is 4.09. The number of carboxylic acid groups (broad SMARTS) is 1. The highest BCUT2D eigenvalue weighted by Crippen LogP contribution is 1.99. The Morgan fingerprint density at radius 3 is 2.65 bits per heavy atom. The summed E-state index contributed by atoms with van der Waals surface area (Å²) in [6.45, 7) is 8.58. The molecule has 17 heavy (non-hydrogen) atoms. The zero-order valence-electron chi connectivity index (χ0n) is 10.6. The van der Waals surface area contributed by atoms with Crippen molar-refractivity contribution in [2.24, 2.45) is 0 Å². The number of amides is 2. The second kappa shape index (κ2) is 8.61. The van der Waals surface area contributed by atoms with Crippen LogP contribution in [0.15, 0.2) is 12.7 Å². The van der Waals surface area contributed by atoms with Gasteiger partial charge in [0.05, 0.1) is 0 Å². The number of carbonyl (C=O) groups excluding carboxylic acids is 1. The molecule has 0 fully saturated rings. The molecule has 1 unspecified atom stereocenters. The Hall–Kier alpha value is -1.52. The van der Waals surface area contributed by atoms with E-state index in [1.165, 1.54) is 0 Å². The van der Waals surface area contributed by atoms with Crippen LogP contribution in [0.25, 0.3) is 0 Å². The van der Waals surface area contributed by atoms with Gasteiger partial charge in [-0.25, -0.2) is 4.79 Å². The lowest BCUT2D eigenvalue weighted by molar-refractivity contribution is -0.137. The average Bonchev–Trinajstić information content (AvgIpc) is 2.26. The van der Waals surface area contributed by atoms with Crippen LogP contribution in [0.5, 0.6) is 0 Å². The molecule has 0 heterocycles. The summed E-state index contributed by atoms with van der Waals surface area (Å²) < 4.78 is 0. The number of nitrogens with zero attached hydrogens (tertiary/aromatic N) is 1.